The van der Waals surface area contributed by atoms with Crippen LogP contribution in [0.2, 0.25) is 0 Å². The average Bonchev–Trinajstić information content (AvgIpc) is 2.38. The second-order valence-corrected chi connectivity index (χ2v) is 5.67. The van der Waals surface area contributed by atoms with E-state index in [1.54, 1.807) is 4.90 Å². The Balaban J connectivity index is 2.10. The average molecular weight is 329 g/mol. The fraction of sp³-hybridized carbons (Fsp3) is 0.357. The number of allylic oxidation sites excluding steroid dienone is 1. The number of carbonyl (C=O) groups is 1. The van der Waals surface area contributed by atoms with Crippen molar-refractivity contribution in [3.8, 4) is 0 Å². The SMILES string of the molecule is O=C(Cl)N(Cc1ccc(Br)cc1)C1C=CCCC1. The number of amides is 1. The van der Waals surface area contributed by atoms with E-state index in [0.717, 1.165) is 29.3 Å². The summed E-state index contributed by atoms with van der Waals surface area (Å²) < 4.78 is 1.03. The van der Waals surface area contributed by atoms with Crippen molar-refractivity contribution in [2.75, 3.05) is 0 Å². The van der Waals surface area contributed by atoms with Gasteiger partial charge in [0, 0.05) is 11.0 Å². The Morgan fingerprint density at radius 3 is 2.67 bits per heavy atom. The molecule has 1 aromatic rings. The first-order valence-corrected chi connectivity index (χ1v) is 7.21. The lowest BCUT2D eigenvalue weighted by atomic mass is 10.0. The van der Waals surface area contributed by atoms with Gasteiger partial charge in [0.15, 0.2) is 0 Å². The van der Waals surface area contributed by atoms with Crippen molar-refractivity contribution in [1.82, 2.24) is 4.90 Å². The van der Waals surface area contributed by atoms with Crippen LogP contribution in [0.25, 0.3) is 0 Å². The Morgan fingerprint density at radius 1 is 1.39 bits per heavy atom. The molecule has 0 radical (unpaired) electrons. The van der Waals surface area contributed by atoms with E-state index in [1.807, 2.05) is 24.3 Å². The molecule has 0 spiro atoms. The summed E-state index contributed by atoms with van der Waals surface area (Å²) >= 11 is 9.10. The topological polar surface area (TPSA) is 20.3 Å². The van der Waals surface area contributed by atoms with Gasteiger partial charge in [-0.15, -0.1) is 0 Å². The number of rotatable bonds is 3. The molecule has 0 saturated heterocycles. The maximum Gasteiger partial charge on any atom is 0.317 e. The minimum atomic E-state index is -0.380. The maximum absolute atomic E-state index is 11.6. The zero-order valence-electron chi connectivity index (χ0n) is 9.98. The lowest BCUT2D eigenvalue weighted by Gasteiger charge is -2.29. The smallest absolute Gasteiger partial charge is 0.317 e. The maximum atomic E-state index is 11.6. The monoisotopic (exact) mass is 327 g/mol. The normalized spacial score (nSPS) is 18.7. The second-order valence-electron chi connectivity index (χ2n) is 4.43. The molecule has 2 nitrogen and oxygen atoms in total. The van der Waals surface area contributed by atoms with Gasteiger partial charge in [-0.3, -0.25) is 4.79 Å². The van der Waals surface area contributed by atoms with Crippen LogP contribution >= 0.6 is 27.5 Å². The second kappa shape index (κ2) is 6.39. The van der Waals surface area contributed by atoms with Crippen molar-refractivity contribution >= 4 is 32.9 Å². The number of nitrogens with zero attached hydrogens (tertiary/aromatic N) is 1. The first kappa shape index (κ1) is 13.6. The molecule has 1 aromatic carbocycles. The molecule has 1 aliphatic rings. The van der Waals surface area contributed by atoms with E-state index in [4.69, 9.17) is 11.6 Å². The van der Waals surface area contributed by atoms with Gasteiger partial charge in [0.2, 0.25) is 0 Å². The van der Waals surface area contributed by atoms with Gasteiger partial charge in [-0.05, 0) is 48.6 Å². The Kier molecular flexibility index (Phi) is 4.84. The fourth-order valence-corrected chi connectivity index (χ4v) is 2.60. The predicted molar refractivity (Wildman–Crippen MR) is 77.7 cm³/mol. The van der Waals surface area contributed by atoms with Gasteiger partial charge in [-0.1, -0.05) is 40.2 Å². The van der Waals surface area contributed by atoms with Gasteiger partial charge >= 0.3 is 5.37 Å². The van der Waals surface area contributed by atoms with Crippen LogP contribution in [0.5, 0.6) is 0 Å². The van der Waals surface area contributed by atoms with Crippen LogP contribution in [-0.4, -0.2) is 16.3 Å². The fourth-order valence-electron chi connectivity index (χ4n) is 2.15. The van der Waals surface area contributed by atoms with E-state index < -0.39 is 0 Å². The quantitative estimate of drug-likeness (QED) is 0.447. The summed E-state index contributed by atoms with van der Waals surface area (Å²) in [5.41, 5.74) is 1.09. The zero-order valence-corrected chi connectivity index (χ0v) is 12.3. The highest BCUT2D eigenvalue weighted by molar-refractivity contribution is 9.10. The number of benzene rings is 1. The van der Waals surface area contributed by atoms with Crippen LogP contribution in [0.15, 0.2) is 40.9 Å². The zero-order chi connectivity index (χ0) is 13.0. The summed E-state index contributed by atoms with van der Waals surface area (Å²) in [6.07, 6.45) is 7.41. The van der Waals surface area contributed by atoms with Crippen molar-refractivity contribution in [3.63, 3.8) is 0 Å². The van der Waals surface area contributed by atoms with Gasteiger partial charge in [-0.2, -0.15) is 0 Å². The minimum absolute atomic E-state index is 0.132. The Morgan fingerprint density at radius 2 is 2.11 bits per heavy atom. The van der Waals surface area contributed by atoms with Crippen molar-refractivity contribution in [2.24, 2.45) is 0 Å². The summed E-state index contributed by atoms with van der Waals surface area (Å²) in [6, 6.07) is 8.09. The Labute approximate surface area is 121 Å². The van der Waals surface area contributed by atoms with Crippen LogP contribution in [0.4, 0.5) is 4.79 Å². The molecule has 0 aromatic heterocycles. The van der Waals surface area contributed by atoms with Gasteiger partial charge in [0.05, 0.1) is 6.04 Å². The number of carbonyl (C=O) groups excluding carboxylic acids is 1. The van der Waals surface area contributed by atoms with Gasteiger partial charge in [-0.25, -0.2) is 0 Å². The van der Waals surface area contributed by atoms with Crippen LogP contribution < -0.4 is 0 Å². The summed E-state index contributed by atoms with van der Waals surface area (Å²) in [7, 11) is 0. The van der Waals surface area contributed by atoms with E-state index >= 15 is 0 Å². The molecule has 1 aliphatic carbocycles. The number of hydrogen-bond acceptors (Lipinski definition) is 1. The summed E-state index contributed by atoms with van der Waals surface area (Å²) in [5.74, 6) is 0. The van der Waals surface area contributed by atoms with Crippen LogP contribution in [-0.2, 0) is 6.54 Å². The third-order valence-electron chi connectivity index (χ3n) is 3.12. The lowest BCUT2D eigenvalue weighted by molar-refractivity contribution is 0.201. The van der Waals surface area contributed by atoms with Gasteiger partial charge in [0.25, 0.3) is 0 Å². The molecule has 18 heavy (non-hydrogen) atoms. The first-order valence-electron chi connectivity index (χ1n) is 6.04. The molecule has 0 saturated carbocycles. The molecule has 2 rings (SSSR count). The van der Waals surface area contributed by atoms with Crippen molar-refractivity contribution in [2.45, 2.75) is 31.8 Å². The largest absolute Gasteiger partial charge is 0.318 e. The van der Waals surface area contributed by atoms with Crippen molar-refractivity contribution in [3.05, 3.63) is 46.5 Å². The molecule has 1 atom stereocenters. The molecule has 0 N–H and O–H groups in total. The van der Waals surface area contributed by atoms with Crippen molar-refractivity contribution in [1.29, 1.82) is 0 Å². The standard InChI is InChI=1S/C14H15BrClNO/c15-12-8-6-11(7-9-12)10-17(14(16)18)13-4-2-1-3-5-13/h2,4,6-9,13H,1,3,5,10H2. The molecular formula is C14H15BrClNO. The highest BCUT2D eigenvalue weighted by Crippen LogP contribution is 2.21. The van der Waals surface area contributed by atoms with E-state index in [-0.39, 0.29) is 11.4 Å². The summed E-state index contributed by atoms with van der Waals surface area (Å²) in [5, 5.41) is -0.380. The van der Waals surface area contributed by atoms with Crippen LogP contribution in [0.3, 0.4) is 0 Å². The van der Waals surface area contributed by atoms with Crippen LogP contribution in [0, 0.1) is 0 Å². The van der Waals surface area contributed by atoms with Crippen LogP contribution in [0.1, 0.15) is 24.8 Å². The van der Waals surface area contributed by atoms with Gasteiger partial charge in [0.1, 0.15) is 0 Å². The number of halogens is 2. The molecule has 1 amide bonds. The molecule has 0 bridgehead atoms. The third kappa shape index (κ3) is 3.59. The third-order valence-corrected chi connectivity index (χ3v) is 3.87. The van der Waals surface area contributed by atoms with E-state index in [2.05, 4.69) is 28.1 Å². The highest BCUT2D eigenvalue weighted by Gasteiger charge is 2.21. The summed E-state index contributed by atoms with van der Waals surface area (Å²) in [4.78, 5) is 13.3. The van der Waals surface area contributed by atoms with Gasteiger partial charge < -0.3 is 4.90 Å². The predicted octanol–water partition coefficient (Wildman–Crippen LogP) is 4.72. The molecular weight excluding hydrogens is 314 g/mol. The molecule has 0 aliphatic heterocycles. The molecule has 96 valence electrons. The molecule has 0 fully saturated rings. The summed E-state index contributed by atoms with van der Waals surface area (Å²) in [6.45, 7) is 0.560. The highest BCUT2D eigenvalue weighted by atomic mass is 79.9. The Hall–Kier alpha value is -0.800. The van der Waals surface area contributed by atoms with Crippen molar-refractivity contribution < 1.29 is 4.79 Å². The molecule has 0 heterocycles. The first-order chi connectivity index (χ1) is 8.66. The van der Waals surface area contributed by atoms with E-state index in [0.29, 0.717) is 6.54 Å². The lowest BCUT2D eigenvalue weighted by Crippen LogP contribution is -2.36. The van der Waals surface area contributed by atoms with E-state index in [1.165, 1.54) is 0 Å². The molecule has 1 unspecified atom stereocenters. The van der Waals surface area contributed by atoms with E-state index in [9.17, 15) is 4.79 Å². The Bertz CT molecular complexity index is 444. The minimum Gasteiger partial charge on any atom is -0.318 e. The number of hydrogen-bond donors (Lipinski definition) is 0. The molecule has 4 heteroatoms.